The summed E-state index contributed by atoms with van der Waals surface area (Å²) in [5, 5.41) is 0. The fraction of sp³-hybridized carbons (Fsp3) is 0.600. The molecule has 1 heterocycles. The van der Waals surface area contributed by atoms with Crippen molar-refractivity contribution >= 4 is 0 Å². The number of benzene rings is 1. The maximum absolute atomic E-state index is 2.76. The Morgan fingerprint density at radius 2 is 1.95 bits per heavy atom. The molecule has 1 aromatic rings. The van der Waals surface area contributed by atoms with Gasteiger partial charge in [0.1, 0.15) is 0 Å². The van der Waals surface area contributed by atoms with Crippen molar-refractivity contribution in [1.82, 2.24) is 4.90 Å². The molecule has 0 amide bonds. The Hall–Kier alpha value is -1.08. The molecule has 0 bridgehead atoms. The van der Waals surface area contributed by atoms with Gasteiger partial charge in [-0.15, -0.1) is 0 Å². The van der Waals surface area contributed by atoms with Gasteiger partial charge < -0.3 is 0 Å². The molecule has 1 aliphatic carbocycles. The van der Waals surface area contributed by atoms with Crippen LogP contribution in [0.15, 0.2) is 42.0 Å². The molecule has 1 aliphatic heterocycles. The zero-order chi connectivity index (χ0) is 14.8. The normalized spacial score (nSPS) is 32.7. The van der Waals surface area contributed by atoms with Crippen LogP contribution in [0.1, 0.15) is 45.6 Å². The lowest BCUT2D eigenvalue weighted by molar-refractivity contribution is 0.145. The molecule has 0 aromatic heterocycles. The number of fused-ring (bicyclic) bond motifs is 1. The minimum atomic E-state index is 0.801. The van der Waals surface area contributed by atoms with Crippen LogP contribution in [0.25, 0.3) is 0 Å². The second-order valence-electron chi connectivity index (χ2n) is 7.38. The van der Waals surface area contributed by atoms with E-state index < -0.39 is 0 Å². The van der Waals surface area contributed by atoms with Crippen LogP contribution < -0.4 is 0 Å². The standard InChI is InChI=1S/C20H29N/c1-15(2)12-18-10-7-11-19-20(18)16(3)13-21(19)14-17-8-5-4-6-9-17/h4-6,8-9,12,16,18-20H,7,10-11,13-14H2,1-3H3/t16-,18+,19+,20-/m1/s1. The van der Waals surface area contributed by atoms with Gasteiger partial charge in [-0.3, -0.25) is 4.90 Å². The molecule has 1 saturated carbocycles. The average molecular weight is 283 g/mol. The van der Waals surface area contributed by atoms with E-state index in [1.54, 1.807) is 0 Å². The molecule has 4 atom stereocenters. The van der Waals surface area contributed by atoms with Crippen LogP contribution in [-0.2, 0) is 6.54 Å². The molecule has 21 heavy (non-hydrogen) atoms. The zero-order valence-electron chi connectivity index (χ0n) is 13.8. The largest absolute Gasteiger partial charge is 0.296 e. The van der Waals surface area contributed by atoms with Gasteiger partial charge in [0, 0.05) is 19.1 Å². The molecule has 114 valence electrons. The molecule has 2 fully saturated rings. The summed E-state index contributed by atoms with van der Waals surface area (Å²) in [7, 11) is 0. The van der Waals surface area contributed by atoms with E-state index in [1.807, 2.05) is 0 Å². The van der Waals surface area contributed by atoms with E-state index in [1.165, 1.54) is 36.9 Å². The molecular formula is C20H29N. The van der Waals surface area contributed by atoms with Gasteiger partial charge in [0.2, 0.25) is 0 Å². The van der Waals surface area contributed by atoms with Gasteiger partial charge in [0.05, 0.1) is 0 Å². The van der Waals surface area contributed by atoms with Crippen LogP contribution in [0.3, 0.4) is 0 Å². The zero-order valence-corrected chi connectivity index (χ0v) is 13.8. The third-order valence-corrected chi connectivity index (χ3v) is 5.40. The van der Waals surface area contributed by atoms with Crippen molar-refractivity contribution in [2.24, 2.45) is 17.8 Å². The minimum Gasteiger partial charge on any atom is -0.296 e. The van der Waals surface area contributed by atoms with Gasteiger partial charge in [0.25, 0.3) is 0 Å². The summed E-state index contributed by atoms with van der Waals surface area (Å²) >= 11 is 0. The van der Waals surface area contributed by atoms with E-state index in [-0.39, 0.29) is 0 Å². The first kappa shape index (κ1) is 14.8. The number of likely N-dealkylation sites (tertiary alicyclic amines) is 1. The lowest BCUT2D eigenvalue weighted by Gasteiger charge is -2.37. The average Bonchev–Trinajstić information content (AvgIpc) is 2.77. The van der Waals surface area contributed by atoms with Gasteiger partial charge in [-0.25, -0.2) is 0 Å². The van der Waals surface area contributed by atoms with Crippen LogP contribution in [0.4, 0.5) is 0 Å². The molecule has 1 aromatic carbocycles. The minimum absolute atomic E-state index is 0.801. The van der Waals surface area contributed by atoms with Gasteiger partial charge in [-0.05, 0) is 50.0 Å². The third-order valence-electron chi connectivity index (χ3n) is 5.40. The number of nitrogens with zero attached hydrogens (tertiary/aromatic N) is 1. The maximum atomic E-state index is 2.76. The Kier molecular flexibility index (Phi) is 4.49. The maximum Gasteiger partial charge on any atom is 0.0236 e. The Morgan fingerprint density at radius 3 is 2.67 bits per heavy atom. The quantitative estimate of drug-likeness (QED) is 0.714. The van der Waals surface area contributed by atoms with Crippen molar-refractivity contribution in [2.45, 2.75) is 52.6 Å². The van der Waals surface area contributed by atoms with Crippen molar-refractivity contribution in [2.75, 3.05) is 6.54 Å². The second-order valence-corrected chi connectivity index (χ2v) is 7.38. The van der Waals surface area contributed by atoms with Crippen LogP contribution in [0.5, 0.6) is 0 Å². The highest BCUT2D eigenvalue weighted by Crippen LogP contribution is 2.44. The predicted molar refractivity (Wildman–Crippen MR) is 90.1 cm³/mol. The van der Waals surface area contributed by atoms with Crippen molar-refractivity contribution < 1.29 is 0 Å². The first-order valence-corrected chi connectivity index (χ1v) is 8.58. The number of hydrogen-bond acceptors (Lipinski definition) is 1. The molecule has 0 N–H and O–H groups in total. The van der Waals surface area contributed by atoms with Gasteiger partial charge in [-0.1, -0.05) is 55.3 Å². The SMILES string of the molecule is CC(C)=C[C@@H]1CCC[C@H]2[C@@H]1[C@H](C)CN2Cc1ccccc1. The predicted octanol–water partition coefficient (Wildman–Crippen LogP) is 4.89. The highest BCUT2D eigenvalue weighted by molar-refractivity contribution is 5.16. The van der Waals surface area contributed by atoms with Gasteiger partial charge in [-0.2, -0.15) is 0 Å². The van der Waals surface area contributed by atoms with Gasteiger partial charge in [0.15, 0.2) is 0 Å². The van der Waals surface area contributed by atoms with Crippen LogP contribution in [0.2, 0.25) is 0 Å². The summed E-state index contributed by atoms with van der Waals surface area (Å²) < 4.78 is 0. The molecular weight excluding hydrogens is 254 g/mol. The second kappa shape index (κ2) is 6.36. The lowest BCUT2D eigenvalue weighted by atomic mass is 9.72. The van der Waals surface area contributed by atoms with Crippen LogP contribution in [0, 0.1) is 17.8 Å². The lowest BCUT2D eigenvalue weighted by Crippen LogP contribution is -2.38. The fourth-order valence-electron chi connectivity index (χ4n) is 4.71. The van der Waals surface area contributed by atoms with Crippen molar-refractivity contribution in [3.8, 4) is 0 Å². The molecule has 0 spiro atoms. The summed E-state index contributed by atoms with van der Waals surface area (Å²) in [6.45, 7) is 9.39. The fourth-order valence-corrected chi connectivity index (χ4v) is 4.71. The van der Waals surface area contributed by atoms with Crippen molar-refractivity contribution in [3.05, 3.63) is 47.5 Å². The summed E-state index contributed by atoms with van der Waals surface area (Å²) in [6.07, 6.45) is 6.75. The van der Waals surface area contributed by atoms with E-state index in [0.717, 1.165) is 30.3 Å². The Bertz CT molecular complexity index is 486. The first-order valence-electron chi connectivity index (χ1n) is 8.58. The summed E-state index contributed by atoms with van der Waals surface area (Å²) in [6, 6.07) is 11.8. The van der Waals surface area contributed by atoms with Crippen LogP contribution >= 0.6 is 0 Å². The van der Waals surface area contributed by atoms with Crippen molar-refractivity contribution in [1.29, 1.82) is 0 Å². The van der Waals surface area contributed by atoms with E-state index in [0.29, 0.717) is 0 Å². The Morgan fingerprint density at radius 1 is 1.19 bits per heavy atom. The molecule has 3 rings (SSSR count). The molecule has 0 unspecified atom stereocenters. The number of hydrogen-bond donors (Lipinski definition) is 0. The van der Waals surface area contributed by atoms with E-state index in [9.17, 15) is 0 Å². The van der Waals surface area contributed by atoms with E-state index >= 15 is 0 Å². The molecule has 1 nitrogen and oxygen atoms in total. The topological polar surface area (TPSA) is 3.24 Å². The smallest absolute Gasteiger partial charge is 0.0236 e. The summed E-state index contributed by atoms with van der Waals surface area (Å²) in [4.78, 5) is 2.76. The van der Waals surface area contributed by atoms with Gasteiger partial charge >= 0.3 is 0 Å². The summed E-state index contributed by atoms with van der Waals surface area (Å²) in [5.74, 6) is 2.52. The Labute approximate surface area is 130 Å². The highest BCUT2D eigenvalue weighted by atomic mass is 15.2. The molecule has 0 radical (unpaired) electrons. The van der Waals surface area contributed by atoms with Crippen LogP contribution in [-0.4, -0.2) is 17.5 Å². The van der Waals surface area contributed by atoms with Crippen molar-refractivity contribution in [3.63, 3.8) is 0 Å². The first-order chi connectivity index (χ1) is 10.1. The molecule has 1 heteroatoms. The van der Waals surface area contributed by atoms with E-state index in [4.69, 9.17) is 0 Å². The monoisotopic (exact) mass is 283 g/mol. The number of rotatable bonds is 3. The highest BCUT2D eigenvalue weighted by Gasteiger charge is 2.44. The molecule has 2 aliphatic rings. The Balaban J connectivity index is 1.76. The van der Waals surface area contributed by atoms with E-state index in [2.05, 4.69) is 62.1 Å². The molecule has 1 saturated heterocycles. The summed E-state index contributed by atoms with van der Waals surface area (Å²) in [5.41, 5.74) is 2.96. The number of allylic oxidation sites excluding steroid dienone is 2. The third kappa shape index (κ3) is 3.23.